The third-order valence-corrected chi connectivity index (χ3v) is 8.88. The highest BCUT2D eigenvalue weighted by atomic mass is 16.7. The van der Waals surface area contributed by atoms with E-state index in [2.05, 4.69) is 0 Å². The topological polar surface area (TPSA) is 187 Å². The van der Waals surface area contributed by atoms with E-state index in [4.69, 9.17) is 33.2 Å². The van der Waals surface area contributed by atoms with Crippen LogP contribution < -0.4 is 0 Å². The number of carbonyl (C=O) groups is 6. The maximum atomic E-state index is 13.9. The summed E-state index contributed by atoms with van der Waals surface area (Å²) < 4.78 is 41.6. The molecule has 0 spiro atoms. The number of ether oxygens (including phenoxy) is 7. The highest BCUT2D eigenvalue weighted by molar-refractivity contribution is 5.92. The Morgan fingerprint density at radius 1 is 0.475 bits per heavy atom. The van der Waals surface area contributed by atoms with Crippen molar-refractivity contribution < 1.29 is 67.0 Å². The second kappa shape index (κ2) is 20.3. The molecule has 0 bridgehead atoms. The summed E-state index contributed by atoms with van der Waals surface area (Å²) in [5.74, 6) is -5.70. The van der Waals surface area contributed by atoms with Gasteiger partial charge >= 0.3 is 35.8 Å². The van der Waals surface area contributed by atoms with Gasteiger partial charge in [0.1, 0.15) is 25.4 Å². The number of esters is 5. The lowest BCUT2D eigenvalue weighted by Crippen LogP contribution is -2.63. The second-order valence-electron chi connectivity index (χ2n) is 13.0. The van der Waals surface area contributed by atoms with Crippen LogP contribution in [0, 0.1) is 0 Å². The Morgan fingerprint density at radius 3 is 1.24 bits per heavy atom. The standard InChI is InChI=1S/C45H38O14/c46-36(47)26-34(27-53-40(48)29-16-6-1-7-17-29)55-45-39(59-44(52)33-24-14-5-15-25-33)38(58-43(51)32-22-12-4-13-23-32)37(57-42(50)31-20-10-3-11-21-31)35(56-45)28-54-41(49)30-18-8-2-9-19-30/h1-25,34-35,37-39,45H,26-28H2,(H,46,47)/t34-,35-,37-,38+,39-,45-/m1/s1. The zero-order chi connectivity index (χ0) is 41.6. The van der Waals surface area contributed by atoms with Crippen LogP contribution in [0.5, 0.6) is 0 Å². The van der Waals surface area contributed by atoms with E-state index in [9.17, 15) is 33.9 Å². The Bertz CT molecular complexity index is 2180. The van der Waals surface area contributed by atoms with Gasteiger partial charge < -0.3 is 38.3 Å². The van der Waals surface area contributed by atoms with Crippen LogP contribution in [0.15, 0.2) is 152 Å². The number of aliphatic carboxylic acids is 1. The van der Waals surface area contributed by atoms with Gasteiger partial charge in [-0.3, -0.25) is 4.79 Å². The maximum Gasteiger partial charge on any atom is 0.338 e. The van der Waals surface area contributed by atoms with Crippen molar-refractivity contribution in [3.63, 3.8) is 0 Å². The number of rotatable bonds is 16. The van der Waals surface area contributed by atoms with E-state index in [1.807, 2.05) is 0 Å². The number of hydrogen-bond acceptors (Lipinski definition) is 13. The van der Waals surface area contributed by atoms with Crippen LogP contribution in [0.3, 0.4) is 0 Å². The fourth-order valence-corrected chi connectivity index (χ4v) is 5.99. The summed E-state index contributed by atoms with van der Waals surface area (Å²) in [5, 5.41) is 9.88. The first-order valence-corrected chi connectivity index (χ1v) is 18.4. The second-order valence-corrected chi connectivity index (χ2v) is 13.0. The van der Waals surface area contributed by atoms with E-state index in [0.717, 1.165) is 0 Å². The predicted octanol–water partition coefficient (Wildman–Crippen LogP) is 5.96. The van der Waals surface area contributed by atoms with Crippen LogP contribution in [0.4, 0.5) is 0 Å². The number of carbonyl (C=O) groups excluding carboxylic acids is 5. The molecular weight excluding hydrogens is 764 g/mol. The van der Waals surface area contributed by atoms with Gasteiger partial charge in [0.25, 0.3) is 0 Å². The molecule has 14 nitrogen and oxygen atoms in total. The zero-order valence-electron chi connectivity index (χ0n) is 31.3. The van der Waals surface area contributed by atoms with Gasteiger partial charge in [-0.2, -0.15) is 0 Å². The first kappa shape index (κ1) is 41.5. The smallest absolute Gasteiger partial charge is 0.338 e. The Morgan fingerprint density at radius 2 is 0.831 bits per heavy atom. The number of benzene rings is 5. The number of carboxylic acids is 1. The largest absolute Gasteiger partial charge is 0.481 e. The minimum absolute atomic E-state index is 0.0648. The molecule has 0 aromatic heterocycles. The summed E-state index contributed by atoms with van der Waals surface area (Å²) in [4.78, 5) is 79.6. The van der Waals surface area contributed by atoms with E-state index >= 15 is 0 Å². The van der Waals surface area contributed by atoms with Crippen LogP contribution in [0.2, 0.25) is 0 Å². The lowest BCUT2D eigenvalue weighted by Gasteiger charge is -2.45. The first-order valence-electron chi connectivity index (χ1n) is 18.4. The van der Waals surface area contributed by atoms with Crippen molar-refractivity contribution in [2.75, 3.05) is 13.2 Å². The third-order valence-electron chi connectivity index (χ3n) is 8.88. The molecule has 1 fully saturated rings. The fourth-order valence-electron chi connectivity index (χ4n) is 5.99. The van der Waals surface area contributed by atoms with Crippen molar-refractivity contribution in [2.45, 2.75) is 43.2 Å². The molecule has 14 heteroatoms. The molecule has 5 aromatic rings. The molecule has 0 unspecified atom stereocenters. The Hall–Kier alpha value is -7.16. The molecule has 6 atom stereocenters. The SMILES string of the molecule is O=C(O)C[C@H](COC(=O)c1ccccc1)O[C@@H]1O[C@H](COC(=O)c2ccccc2)[C@@H](OC(=O)c2ccccc2)[C@H](OC(=O)c2ccccc2)[C@H]1OC(=O)c1ccccc1. The molecule has 1 heterocycles. The van der Waals surface area contributed by atoms with Gasteiger partial charge in [0.15, 0.2) is 24.6 Å². The molecule has 0 amide bonds. The molecule has 302 valence electrons. The Balaban J connectivity index is 1.41. The quantitative estimate of drug-likeness (QED) is 0.0909. The summed E-state index contributed by atoms with van der Waals surface area (Å²) in [5.41, 5.74) is 0.592. The van der Waals surface area contributed by atoms with Gasteiger partial charge in [-0.1, -0.05) is 91.0 Å². The average Bonchev–Trinajstić information content (AvgIpc) is 3.27. The van der Waals surface area contributed by atoms with Gasteiger partial charge in [0, 0.05) is 0 Å². The third kappa shape index (κ3) is 11.5. The summed E-state index contributed by atoms with van der Waals surface area (Å²) >= 11 is 0. The lowest BCUT2D eigenvalue weighted by molar-refractivity contribution is -0.310. The molecule has 1 N–H and O–H groups in total. The first-order chi connectivity index (χ1) is 28.7. The van der Waals surface area contributed by atoms with Gasteiger partial charge in [-0.25, -0.2) is 24.0 Å². The van der Waals surface area contributed by atoms with Crippen molar-refractivity contribution in [3.8, 4) is 0 Å². The molecule has 6 rings (SSSR count). The minimum atomic E-state index is -1.82. The van der Waals surface area contributed by atoms with Gasteiger partial charge in [0.2, 0.25) is 0 Å². The summed E-state index contributed by atoms with van der Waals surface area (Å²) in [6.45, 7) is -1.25. The maximum absolute atomic E-state index is 13.9. The molecule has 0 saturated carbocycles. The Kier molecular flexibility index (Phi) is 14.3. The van der Waals surface area contributed by atoms with Crippen LogP contribution in [0.25, 0.3) is 0 Å². The van der Waals surface area contributed by atoms with E-state index in [1.54, 1.807) is 91.0 Å². The van der Waals surface area contributed by atoms with Gasteiger partial charge in [0.05, 0.1) is 34.2 Å². The van der Waals surface area contributed by atoms with E-state index in [1.165, 1.54) is 60.7 Å². The normalized spacial score (nSPS) is 18.9. The van der Waals surface area contributed by atoms with Gasteiger partial charge in [-0.15, -0.1) is 0 Å². The molecular formula is C45H38O14. The van der Waals surface area contributed by atoms with E-state index in [-0.39, 0.29) is 27.8 Å². The molecule has 1 aliphatic heterocycles. The van der Waals surface area contributed by atoms with Crippen molar-refractivity contribution >= 4 is 35.8 Å². The summed E-state index contributed by atoms with van der Waals surface area (Å²) in [7, 11) is 0. The van der Waals surface area contributed by atoms with Crippen molar-refractivity contribution in [1.29, 1.82) is 0 Å². The highest BCUT2D eigenvalue weighted by Crippen LogP contribution is 2.33. The number of hydrogen-bond donors (Lipinski definition) is 1. The molecule has 1 aliphatic rings. The van der Waals surface area contributed by atoms with Crippen molar-refractivity contribution in [2.24, 2.45) is 0 Å². The lowest BCUT2D eigenvalue weighted by atomic mass is 9.97. The summed E-state index contributed by atoms with van der Waals surface area (Å²) in [6.07, 6.45) is -10.7. The predicted molar refractivity (Wildman–Crippen MR) is 206 cm³/mol. The summed E-state index contributed by atoms with van der Waals surface area (Å²) in [6, 6.07) is 39.3. The van der Waals surface area contributed by atoms with Crippen LogP contribution in [-0.4, -0.2) is 90.9 Å². The Labute approximate surface area is 338 Å². The molecule has 59 heavy (non-hydrogen) atoms. The average molecular weight is 803 g/mol. The van der Waals surface area contributed by atoms with Crippen molar-refractivity contribution in [3.05, 3.63) is 179 Å². The molecule has 1 saturated heterocycles. The molecule has 5 aromatic carbocycles. The van der Waals surface area contributed by atoms with Crippen LogP contribution in [-0.2, 0) is 38.0 Å². The fraction of sp³-hybridized carbons (Fsp3) is 0.200. The molecule has 0 aliphatic carbocycles. The van der Waals surface area contributed by atoms with Crippen LogP contribution in [0.1, 0.15) is 58.2 Å². The zero-order valence-corrected chi connectivity index (χ0v) is 31.3. The van der Waals surface area contributed by atoms with Crippen LogP contribution >= 0.6 is 0 Å². The molecule has 0 radical (unpaired) electrons. The van der Waals surface area contributed by atoms with Crippen molar-refractivity contribution in [1.82, 2.24) is 0 Å². The minimum Gasteiger partial charge on any atom is -0.481 e. The van der Waals surface area contributed by atoms with E-state index < -0.39 is 92.3 Å². The van der Waals surface area contributed by atoms with E-state index in [0.29, 0.717) is 0 Å². The van der Waals surface area contributed by atoms with Gasteiger partial charge in [-0.05, 0) is 60.7 Å². The monoisotopic (exact) mass is 802 g/mol. The number of carboxylic acid groups (broad SMARTS) is 1. The highest BCUT2D eigenvalue weighted by Gasteiger charge is 2.54.